The summed E-state index contributed by atoms with van der Waals surface area (Å²) in [5.74, 6) is -0.579. The molecule has 2 aromatic carbocycles. The summed E-state index contributed by atoms with van der Waals surface area (Å²) in [5.41, 5.74) is 6.21. The number of rotatable bonds is 4. The van der Waals surface area contributed by atoms with E-state index in [0.717, 1.165) is 11.1 Å². The second-order valence-electron chi connectivity index (χ2n) is 6.35. The average Bonchev–Trinajstić information content (AvgIpc) is 2.69. The van der Waals surface area contributed by atoms with E-state index >= 15 is 0 Å². The van der Waals surface area contributed by atoms with E-state index in [0.29, 0.717) is 16.5 Å². The Hall–Kier alpha value is -3.68. The lowest BCUT2D eigenvalue weighted by molar-refractivity contribution is -0.128. The summed E-state index contributed by atoms with van der Waals surface area (Å²) < 4.78 is 5.69. The van der Waals surface area contributed by atoms with Crippen LogP contribution in [0.4, 0.5) is 0 Å². The number of benzene rings is 2. The predicted octanol–water partition coefficient (Wildman–Crippen LogP) is 1.77. The zero-order chi connectivity index (χ0) is 20.3. The van der Waals surface area contributed by atoms with E-state index in [1.54, 1.807) is 37.3 Å². The average molecular weight is 380 g/mol. The Morgan fingerprint density at radius 3 is 2.50 bits per heavy atom. The minimum atomic E-state index is -0.832. The van der Waals surface area contributed by atoms with Gasteiger partial charge in [-0.25, -0.2) is 5.10 Å². The molecule has 0 aliphatic rings. The first-order valence-corrected chi connectivity index (χ1v) is 8.69. The Kier molecular flexibility index (Phi) is 5.39. The van der Waals surface area contributed by atoms with Gasteiger partial charge in [-0.2, -0.15) is 5.10 Å². The number of aromatic nitrogens is 2. The summed E-state index contributed by atoms with van der Waals surface area (Å²) in [6.07, 6.45) is -0.832. The van der Waals surface area contributed by atoms with Crippen molar-refractivity contribution in [1.82, 2.24) is 21.0 Å². The lowest BCUT2D eigenvalue weighted by Crippen LogP contribution is -2.47. The molecule has 1 heterocycles. The molecule has 8 nitrogen and oxygen atoms in total. The van der Waals surface area contributed by atoms with Crippen molar-refractivity contribution in [3.8, 4) is 5.75 Å². The maximum atomic E-state index is 12.4. The van der Waals surface area contributed by atoms with Gasteiger partial charge in [-0.1, -0.05) is 30.3 Å². The van der Waals surface area contributed by atoms with Crippen molar-refractivity contribution in [3.63, 3.8) is 0 Å². The molecule has 28 heavy (non-hydrogen) atoms. The number of carbonyl (C=O) groups excluding carboxylic acids is 2. The number of hydrogen-bond donors (Lipinski definition) is 3. The van der Waals surface area contributed by atoms with Crippen LogP contribution in [0.15, 0.2) is 47.3 Å². The van der Waals surface area contributed by atoms with Gasteiger partial charge in [-0.05, 0) is 44.0 Å². The van der Waals surface area contributed by atoms with Crippen LogP contribution in [0.3, 0.4) is 0 Å². The summed E-state index contributed by atoms with van der Waals surface area (Å²) in [6.45, 7) is 5.44. The lowest BCUT2D eigenvalue weighted by atomic mass is 10.1. The number of hydrogen-bond acceptors (Lipinski definition) is 5. The number of amides is 2. The van der Waals surface area contributed by atoms with E-state index in [1.807, 2.05) is 26.0 Å². The smallest absolute Gasteiger partial charge is 0.290 e. The number of aryl methyl sites for hydroxylation is 1. The fraction of sp³-hybridized carbons (Fsp3) is 0.200. The molecular weight excluding hydrogens is 360 g/mol. The molecule has 0 aliphatic heterocycles. The van der Waals surface area contributed by atoms with Crippen molar-refractivity contribution in [3.05, 3.63) is 69.6 Å². The van der Waals surface area contributed by atoms with Gasteiger partial charge in [0, 0.05) is 5.39 Å². The minimum Gasteiger partial charge on any atom is -0.481 e. The lowest BCUT2D eigenvalue weighted by Gasteiger charge is -2.17. The van der Waals surface area contributed by atoms with Gasteiger partial charge in [-0.3, -0.25) is 25.2 Å². The van der Waals surface area contributed by atoms with Crippen molar-refractivity contribution in [2.45, 2.75) is 26.9 Å². The van der Waals surface area contributed by atoms with Gasteiger partial charge in [0.2, 0.25) is 0 Å². The summed E-state index contributed by atoms with van der Waals surface area (Å²) in [5, 5.41) is 6.78. The second-order valence-corrected chi connectivity index (χ2v) is 6.35. The molecule has 3 rings (SSSR count). The zero-order valence-electron chi connectivity index (χ0n) is 15.7. The normalized spacial score (nSPS) is 11.7. The van der Waals surface area contributed by atoms with Crippen LogP contribution in [0.25, 0.3) is 10.8 Å². The maximum absolute atomic E-state index is 12.4. The highest BCUT2D eigenvalue weighted by Crippen LogP contribution is 2.21. The molecule has 3 aromatic rings. The van der Waals surface area contributed by atoms with Crippen molar-refractivity contribution in [1.29, 1.82) is 0 Å². The number of carbonyl (C=O) groups is 2. The molecule has 1 aromatic heterocycles. The Balaban J connectivity index is 1.68. The number of aromatic amines is 1. The molecule has 0 bridgehead atoms. The van der Waals surface area contributed by atoms with Gasteiger partial charge in [-0.15, -0.1) is 0 Å². The Morgan fingerprint density at radius 2 is 1.75 bits per heavy atom. The van der Waals surface area contributed by atoms with E-state index < -0.39 is 23.5 Å². The van der Waals surface area contributed by atoms with Crippen LogP contribution in [-0.4, -0.2) is 28.1 Å². The fourth-order valence-corrected chi connectivity index (χ4v) is 2.66. The van der Waals surface area contributed by atoms with Gasteiger partial charge < -0.3 is 4.74 Å². The van der Waals surface area contributed by atoms with E-state index in [-0.39, 0.29) is 5.69 Å². The first-order valence-electron chi connectivity index (χ1n) is 8.69. The van der Waals surface area contributed by atoms with Gasteiger partial charge in [0.1, 0.15) is 5.75 Å². The first kappa shape index (κ1) is 19.1. The molecule has 144 valence electrons. The highest BCUT2D eigenvalue weighted by molar-refractivity contribution is 6.05. The molecule has 1 atom stereocenters. The maximum Gasteiger partial charge on any atom is 0.290 e. The van der Waals surface area contributed by atoms with Crippen LogP contribution in [0.1, 0.15) is 28.5 Å². The van der Waals surface area contributed by atoms with Gasteiger partial charge in [0.15, 0.2) is 11.8 Å². The van der Waals surface area contributed by atoms with E-state index in [2.05, 4.69) is 21.0 Å². The van der Waals surface area contributed by atoms with Crippen LogP contribution in [0.2, 0.25) is 0 Å². The van der Waals surface area contributed by atoms with Crippen molar-refractivity contribution < 1.29 is 14.3 Å². The van der Waals surface area contributed by atoms with Crippen LogP contribution in [0, 0.1) is 13.8 Å². The van der Waals surface area contributed by atoms with Gasteiger partial charge in [0.25, 0.3) is 17.4 Å². The Bertz CT molecular complexity index is 1110. The molecule has 0 radical (unpaired) electrons. The quantitative estimate of drug-likeness (QED) is 0.597. The monoisotopic (exact) mass is 380 g/mol. The number of hydrazine groups is 1. The SMILES string of the molecule is Cc1cccc(O[C@H](C)C(=O)NNC(=O)c2n[nH]c(=O)c3ccccc23)c1C. The van der Waals surface area contributed by atoms with E-state index in [9.17, 15) is 14.4 Å². The third-order valence-electron chi connectivity index (χ3n) is 4.44. The zero-order valence-corrected chi connectivity index (χ0v) is 15.7. The summed E-state index contributed by atoms with van der Waals surface area (Å²) in [7, 11) is 0. The summed E-state index contributed by atoms with van der Waals surface area (Å²) in [6, 6.07) is 12.2. The highest BCUT2D eigenvalue weighted by Gasteiger charge is 2.19. The molecule has 8 heteroatoms. The van der Waals surface area contributed by atoms with Crippen molar-refractivity contribution in [2.24, 2.45) is 0 Å². The van der Waals surface area contributed by atoms with Crippen molar-refractivity contribution >= 4 is 22.6 Å². The molecule has 0 saturated heterocycles. The number of nitrogens with zero attached hydrogens (tertiary/aromatic N) is 1. The summed E-state index contributed by atoms with van der Waals surface area (Å²) in [4.78, 5) is 36.5. The number of fused-ring (bicyclic) bond motifs is 1. The van der Waals surface area contributed by atoms with Crippen LogP contribution >= 0.6 is 0 Å². The molecule has 2 amide bonds. The first-order chi connectivity index (χ1) is 13.4. The van der Waals surface area contributed by atoms with Gasteiger partial charge in [0.05, 0.1) is 5.39 Å². The Labute approximate surface area is 160 Å². The number of ether oxygens (including phenoxy) is 1. The second kappa shape index (κ2) is 7.91. The largest absolute Gasteiger partial charge is 0.481 e. The molecule has 0 aliphatic carbocycles. The van der Waals surface area contributed by atoms with E-state index in [1.165, 1.54) is 0 Å². The molecule has 0 unspecified atom stereocenters. The van der Waals surface area contributed by atoms with Gasteiger partial charge >= 0.3 is 0 Å². The number of nitrogens with one attached hydrogen (secondary N) is 3. The Morgan fingerprint density at radius 1 is 1.04 bits per heavy atom. The molecule has 0 spiro atoms. The standard InChI is InChI=1S/C20H20N4O4/c1-11-7-6-10-16(12(11)2)28-13(3)18(25)22-24-20(27)17-14-8-4-5-9-15(14)19(26)23-21-17/h4-10,13H,1-3H3,(H,22,25)(H,23,26)(H,24,27)/t13-/m1/s1. The molecule has 0 saturated carbocycles. The summed E-state index contributed by atoms with van der Waals surface area (Å²) >= 11 is 0. The fourth-order valence-electron chi connectivity index (χ4n) is 2.66. The van der Waals surface area contributed by atoms with Crippen LogP contribution < -0.4 is 21.1 Å². The third kappa shape index (κ3) is 3.85. The minimum absolute atomic E-state index is 0.00130. The topological polar surface area (TPSA) is 113 Å². The predicted molar refractivity (Wildman–Crippen MR) is 104 cm³/mol. The molecule has 0 fully saturated rings. The number of H-pyrrole nitrogens is 1. The third-order valence-corrected chi connectivity index (χ3v) is 4.44. The molecular formula is C20H20N4O4. The van der Waals surface area contributed by atoms with Crippen molar-refractivity contribution in [2.75, 3.05) is 0 Å². The molecule has 3 N–H and O–H groups in total. The van der Waals surface area contributed by atoms with E-state index in [4.69, 9.17) is 4.74 Å². The van der Waals surface area contributed by atoms with Crippen LogP contribution in [0.5, 0.6) is 5.75 Å². The van der Waals surface area contributed by atoms with Crippen LogP contribution in [-0.2, 0) is 4.79 Å². The highest BCUT2D eigenvalue weighted by atomic mass is 16.5.